The standard InChI is InChI=1S/C21H27FN2O4/c1-13(23-14(2)17-11-15(22)6-8-19(17)27-4)10-21(25)24-18-12-16(26-3)7-9-20(18)28-5/h6-9,11-14,23H,10H2,1-5H3,(H,24,25). The number of nitrogens with one attached hydrogen (secondary N) is 2. The predicted molar refractivity (Wildman–Crippen MR) is 107 cm³/mol. The molecule has 0 bridgehead atoms. The summed E-state index contributed by atoms with van der Waals surface area (Å²) in [6, 6.07) is 9.22. The lowest BCUT2D eigenvalue weighted by atomic mass is 10.1. The molecule has 0 saturated carbocycles. The Hall–Kier alpha value is -2.80. The van der Waals surface area contributed by atoms with Crippen LogP contribution in [-0.4, -0.2) is 33.3 Å². The zero-order valence-corrected chi connectivity index (χ0v) is 16.8. The first-order valence-electron chi connectivity index (χ1n) is 8.99. The van der Waals surface area contributed by atoms with Crippen LogP contribution in [0.25, 0.3) is 0 Å². The topological polar surface area (TPSA) is 68.8 Å². The summed E-state index contributed by atoms with van der Waals surface area (Å²) in [5.74, 6) is 1.26. The Kier molecular flexibility index (Phi) is 7.63. The lowest BCUT2D eigenvalue weighted by Gasteiger charge is -2.22. The van der Waals surface area contributed by atoms with Crippen LogP contribution in [-0.2, 0) is 4.79 Å². The minimum atomic E-state index is -0.333. The van der Waals surface area contributed by atoms with Crippen molar-refractivity contribution in [3.8, 4) is 17.2 Å². The highest BCUT2D eigenvalue weighted by molar-refractivity contribution is 5.92. The van der Waals surface area contributed by atoms with E-state index in [1.165, 1.54) is 19.2 Å². The van der Waals surface area contributed by atoms with Gasteiger partial charge >= 0.3 is 0 Å². The van der Waals surface area contributed by atoms with Crippen LogP contribution in [0.2, 0.25) is 0 Å². The molecule has 0 radical (unpaired) electrons. The van der Waals surface area contributed by atoms with E-state index in [0.29, 0.717) is 28.5 Å². The van der Waals surface area contributed by atoms with Crippen molar-refractivity contribution in [1.29, 1.82) is 0 Å². The summed E-state index contributed by atoms with van der Waals surface area (Å²) in [6.07, 6.45) is 0.225. The maximum atomic E-state index is 13.6. The van der Waals surface area contributed by atoms with Crippen LogP contribution in [0.4, 0.5) is 10.1 Å². The van der Waals surface area contributed by atoms with E-state index < -0.39 is 0 Å². The minimum Gasteiger partial charge on any atom is -0.497 e. The zero-order valence-electron chi connectivity index (χ0n) is 16.8. The molecule has 2 aromatic carbocycles. The van der Waals surface area contributed by atoms with E-state index >= 15 is 0 Å². The van der Waals surface area contributed by atoms with Gasteiger partial charge in [-0.2, -0.15) is 0 Å². The van der Waals surface area contributed by atoms with Gasteiger partial charge in [0.05, 0.1) is 27.0 Å². The lowest BCUT2D eigenvalue weighted by Crippen LogP contribution is -2.33. The summed E-state index contributed by atoms with van der Waals surface area (Å²) < 4.78 is 29.4. The average molecular weight is 390 g/mol. The third kappa shape index (κ3) is 5.60. The van der Waals surface area contributed by atoms with Crippen LogP contribution in [0.15, 0.2) is 36.4 Å². The van der Waals surface area contributed by atoms with E-state index in [9.17, 15) is 9.18 Å². The monoisotopic (exact) mass is 390 g/mol. The van der Waals surface area contributed by atoms with Crippen molar-refractivity contribution in [1.82, 2.24) is 5.32 Å². The van der Waals surface area contributed by atoms with Crippen LogP contribution < -0.4 is 24.8 Å². The number of halogens is 1. The number of rotatable bonds is 9. The molecule has 0 aliphatic carbocycles. The van der Waals surface area contributed by atoms with Crippen molar-refractivity contribution in [3.05, 3.63) is 47.8 Å². The fourth-order valence-electron chi connectivity index (χ4n) is 3.01. The number of carbonyl (C=O) groups is 1. The highest BCUT2D eigenvalue weighted by atomic mass is 19.1. The van der Waals surface area contributed by atoms with Crippen molar-refractivity contribution in [2.24, 2.45) is 0 Å². The largest absolute Gasteiger partial charge is 0.497 e. The Morgan fingerprint density at radius 1 is 1.00 bits per heavy atom. The van der Waals surface area contributed by atoms with Crippen LogP contribution in [0, 0.1) is 5.82 Å². The molecular weight excluding hydrogens is 363 g/mol. The Morgan fingerprint density at radius 3 is 2.32 bits per heavy atom. The van der Waals surface area contributed by atoms with Gasteiger partial charge in [0.1, 0.15) is 23.1 Å². The second-order valence-corrected chi connectivity index (χ2v) is 6.49. The number of methoxy groups -OCH3 is 3. The van der Waals surface area contributed by atoms with E-state index in [1.807, 2.05) is 13.8 Å². The first-order valence-corrected chi connectivity index (χ1v) is 8.99. The van der Waals surface area contributed by atoms with Crippen LogP contribution in [0.1, 0.15) is 31.9 Å². The van der Waals surface area contributed by atoms with E-state index in [1.54, 1.807) is 38.5 Å². The van der Waals surface area contributed by atoms with Crippen LogP contribution in [0.5, 0.6) is 17.2 Å². The predicted octanol–water partition coefficient (Wildman–Crippen LogP) is 3.92. The molecule has 0 heterocycles. The number of anilines is 1. The lowest BCUT2D eigenvalue weighted by molar-refractivity contribution is -0.116. The minimum absolute atomic E-state index is 0.153. The summed E-state index contributed by atoms with van der Waals surface area (Å²) in [4.78, 5) is 12.5. The van der Waals surface area contributed by atoms with Gasteiger partial charge in [0, 0.05) is 30.1 Å². The summed E-state index contributed by atoms with van der Waals surface area (Å²) in [5.41, 5.74) is 1.24. The van der Waals surface area contributed by atoms with Gasteiger partial charge in [0.25, 0.3) is 0 Å². The summed E-state index contributed by atoms with van der Waals surface area (Å²) in [6.45, 7) is 3.79. The molecule has 0 aliphatic rings. The maximum absolute atomic E-state index is 13.6. The Bertz CT molecular complexity index is 813. The summed E-state index contributed by atoms with van der Waals surface area (Å²) in [7, 11) is 4.64. The maximum Gasteiger partial charge on any atom is 0.226 e. The molecule has 0 fully saturated rings. The fourth-order valence-corrected chi connectivity index (χ4v) is 3.01. The fraction of sp³-hybridized carbons (Fsp3) is 0.381. The highest BCUT2D eigenvalue weighted by Crippen LogP contribution is 2.29. The molecular formula is C21H27FN2O4. The number of benzene rings is 2. The molecule has 1 amide bonds. The quantitative estimate of drug-likeness (QED) is 0.679. The molecule has 0 spiro atoms. The Labute approximate surface area is 165 Å². The van der Waals surface area contributed by atoms with Gasteiger partial charge in [0.15, 0.2) is 0 Å². The SMILES string of the molecule is COc1ccc(OC)c(NC(=O)CC(C)NC(C)c2cc(F)ccc2OC)c1. The molecule has 28 heavy (non-hydrogen) atoms. The molecule has 0 saturated heterocycles. The molecule has 2 unspecified atom stereocenters. The van der Waals surface area contributed by atoms with Crippen molar-refractivity contribution >= 4 is 11.6 Å². The molecule has 2 rings (SSSR count). The molecule has 152 valence electrons. The molecule has 2 N–H and O–H groups in total. The number of hydrogen-bond donors (Lipinski definition) is 2. The van der Waals surface area contributed by atoms with Gasteiger partial charge in [-0.25, -0.2) is 4.39 Å². The molecule has 2 aromatic rings. The number of carbonyl (C=O) groups excluding carboxylic acids is 1. The molecule has 7 heteroatoms. The summed E-state index contributed by atoms with van der Waals surface area (Å²) >= 11 is 0. The third-order valence-electron chi connectivity index (χ3n) is 4.37. The number of amides is 1. The van der Waals surface area contributed by atoms with E-state index in [-0.39, 0.29) is 30.2 Å². The number of ether oxygens (including phenoxy) is 3. The molecule has 6 nitrogen and oxygen atoms in total. The normalized spacial score (nSPS) is 12.8. The van der Waals surface area contributed by atoms with Crippen molar-refractivity contribution < 1.29 is 23.4 Å². The molecule has 0 aromatic heterocycles. The van der Waals surface area contributed by atoms with Gasteiger partial charge in [-0.1, -0.05) is 0 Å². The van der Waals surface area contributed by atoms with Crippen LogP contribution >= 0.6 is 0 Å². The van der Waals surface area contributed by atoms with E-state index in [4.69, 9.17) is 14.2 Å². The van der Waals surface area contributed by atoms with Crippen LogP contribution in [0.3, 0.4) is 0 Å². The Morgan fingerprint density at radius 2 is 1.68 bits per heavy atom. The smallest absolute Gasteiger partial charge is 0.226 e. The van der Waals surface area contributed by atoms with Gasteiger partial charge < -0.3 is 24.8 Å². The van der Waals surface area contributed by atoms with E-state index in [0.717, 1.165) is 0 Å². The van der Waals surface area contributed by atoms with Crippen molar-refractivity contribution in [2.45, 2.75) is 32.4 Å². The zero-order chi connectivity index (χ0) is 20.7. The first-order chi connectivity index (χ1) is 13.4. The highest BCUT2D eigenvalue weighted by Gasteiger charge is 2.17. The third-order valence-corrected chi connectivity index (χ3v) is 4.37. The van der Waals surface area contributed by atoms with Gasteiger partial charge in [-0.15, -0.1) is 0 Å². The molecule has 2 atom stereocenters. The first kappa shape index (κ1) is 21.5. The van der Waals surface area contributed by atoms with Gasteiger partial charge in [-0.05, 0) is 44.2 Å². The van der Waals surface area contributed by atoms with Gasteiger partial charge in [-0.3, -0.25) is 4.79 Å². The van der Waals surface area contributed by atoms with Crippen molar-refractivity contribution in [2.75, 3.05) is 26.6 Å². The number of hydrogen-bond acceptors (Lipinski definition) is 5. The van der Waals surface area contributed by atoms with Crippen molar-refractivity contribution in [3.63, 3.8) is 0 Å². The van der Waals surface area contributed by atoms with Gasteiger partial charge in [0.2, 0.25) is 5.91 Å². The molecule has 0 aliphatic heterocycles. The average Bonchev–Trinajstić information content (AvgIpc) is 2.67. The Balaban J connectivity index is 2.00. The second-order valence-electron chi connectivity index (χ2n) is 6.49. The second kappa shape index (κ2) is 9.94. The van der Waals surface area contributed by atoms with E-state index in [2.05, 4.69) is 10.6 Å². The summed E-state index contributed by atoms with van der Waals surface area (Å²) in [5, 5.41) is 6.15.